The maximum Gasteiger partial charge on any atom is 0.236 e. The second-order valence-corrected chi connectivity index (χ2v) is 6.40. The standard InChI is InChI=1S/C24H25NO/c1-3-18-16-11-17-19(4-2)23(18)25-24(26)22(20-12-7-5-8-13-20)21-14-9-6-10-15-21/h5-17,22H,3-4H2,1-2H3,(H,25,26). The van der Waals surface area contributed by atoms with E-state index >= 15 is 0 Å². The average Bonchev–Trinajstić information content (AvgIpc) is 2.70. The lowest BCUT2D eigenvalue weighted by Crippen LogP contribution is -2.23. The third-order valence-corrected chi connectivity index (χ3v) is 4.78. The number of carbonyl (C=O) groups is 1. The molecule has 3 aromatic carbocycles. The van der Waals surface area contributed by atoms with Crippen molar-refractivity contribution in [1.29, 1.82) is 0 Å². The van der Waals surface area contributed by atoms with Crippen molar-refractivity contribution in [2.24, 2.45) is 0 Å². The summed E-state index contributed by atoms with van der Waals surface area (Å²) in [4.78, 5) is 13.3. The van der Waals surface area contributed by atoms with Crippen LogP contribution in [0.2, 0.25) is 0 Å². The number of carbonyl (C=O) groups excluding carboxylic acids is 1. The molecule has 2 nitrogen and oxygen atoms in total. The largest absolute Gasteiger partial charge is 0.325 e. The molecule has 132 valence electrons. The summed E-state index contributed by atoms with van der Waals surface area (Å²) in [6.45, 7) is 4.24. The number of nitrogens with one attached hydrogen (secondary N) is 1. The molecule has 0 unspecified atom stereocenters. The molecular formula is C24H25NO. The van der Waals surface area contributed by atoms with E-state index in [0.29, 0.717) is 0 Å². The van der Waals surface area contributed by atoms with Gasteiger partial charge in [0.1, 0.15) is 0 Å². The highest BCUT2D eigenvalue weighted by Crippen LogP contribution is 2.29. The van der Waals surface area contributed by atoms with Gasteiger partial charge in [0.2, 0.25) is 5.91 Å². The van der Waals surface area contributed by atoms with Crippen molar-refractivity contribution in [3.63, 3.8) is 0 Å². The predicted molar refractivity (Wildman–Crippen MR) is 109 cm³/mol. The van der Waals surface area contributed by atoms with E-state index in [4.69, 9.17) is 0 Å². The molecule has 3 aromatic rings. The Hall–Kier alpha value is -2.87. The molecular weight excluding hydrogens is 318 g/mol. The minimum absolute atomic E-state index is 0.0120. The second-order valence-electron chi connectivity index (χ2n) is 6.40. The molecule has 0 aliphatic rings. The van der Waals surface area contributed by atoms with Gasteiger partial charge in [-0.2, -0.15) is 0 Å². The van der Waals surface area contributed by atoms with Gasteiger partial charge in [0.25, 0.3) is 0 Å². The van der Waals surface area contributed by atoms with Crippen LogP contribution in [0.3, 0.4) is 0 Å². The molecule has 0 saturated carbocycles. The summed E-state index contributed by atoms with van der Waals surface area (Å²) in [6.07, 6.45) is 1.79. The van der Waals surface area contributed by atoms with Crippen molar-refractivity contribution >= 4 is 11.6 Å². The smallest absolute Gasteiger partial charge is 0.236 e. The monoisotopic (exact) mass is 343 g/mol. The normalized spacial score (nSPS) is 10.7. The Labute approximate surface area is 155 Å². The molecule has 0 saturated heterocycles. The molecule has 0 aromatic heterocycles. The van der Waals surface area contributed by atoms with Gasteiger partial charge >= 0.3 is 0 Å². The third-order valence-electron chi connectivity index (χ3n) is 4.78. The Bertz CT molecular complexity index is 794. The third kappa shape index (κ3) is 3.85. The van der Waals surface area contributed by atoms with Gasteiger partial charge in [-0.3, -0.25) is 4.79 Å². The molecule has 2 heteroatoms. The van der Waals surface area contributed by atoms with E-state index in [1.54, 1.807) is 0 Å². The fourth-order valence-corrected chi connectivity index (χ4v) is 3.38. The van der Waals surface area contributed by atoms with Crippen molar-refractivity contribution in [2.45, 2.75) is 32.6 Å². The molecule has 1 N–H and O–H groups in total. The lowest BCUT2D eigenvalue weighted by atomic mass is 9.90. The minimum Gasteiger partial charge on any atom is -0.325 e. The van der Waals surface area contributed by atoms with Crippen LogP contribution in [0.25, 0.3) is 0 Å². The van der Waals surface area contributed by atoms with E-state index in [0.717, 1.165) is 29.7 Å². The van der Waals surface area contributed by atoms with Gasteiger partial charge in [-0.25, -0.2) is 0 Å². The number of rotatable bonds is 6. The number of para-hydroxylation sites is 1. The first kappa shape index (κ1) is 17.9. The van der Waals surface area contributed by atoms with Crippen molar-refractivity contribution in [1.82, 2.24) is 0 Å². The molecule has 26 heavy (non-hydrogen) atoms. The highest BCUT2D eigenvalue weighted by molar-refractivity contribution is 5.99. The van der Waals surface area contributed by atoms with Crippen molar-refractivity contribution in [3.05, 3.63) is 101 Å². The van der Waals surface area contributed by atoms with E-state index < -0.39 is 0 Å². The molecule has 0 spiro atoms. The van der Waals surface area contributed by atoms with Crippen LogP contribution in [0.15, 0.2) is 78.9 Å². The quantitative estimate of drug-likeness (QED) is 0.622. The van der Waals surface area contributed by atoms with E-state index in [2.05, 4.69) is 37.4 Å². The summed E-state index contributed by atoms with van der Waals surface area (Å²) in [5.41, 5.74) is 5.33. The first-order valence-electron chi connectivity index (χ1n) is 9.26. The van der Waals surface area contributed by atoms with E-state index in [1.807, 2.05) is 60.7 Å². The molecule has 3 rings (SSSR count). The molecule has 0 heterocycles. The van der Waals surface area contributed by atoms with Gasteiger partial charge in [-0.05, 0) is 35.1 Å². The zero-order valence-electron chi connectivity index (χ0n) is 15.4. The summed E-state index contributed by atoms with van der Waals surface area (Å²) in [5, 5.41) is 3.24. The topological polar surface area (TPSA) is 29.1 Å². The number of hydrogen-bond acceptors (Lipinski definition) is 1. The Morgan fingerprint density at radius 2 is 1.19 bits per heavy atom. The summed E-state index contributed by atoms with van der Waals surface area (Å²) in [6, 6.07) is 26.2. The molecule has 0 radical (unpaired) electrons. The molecule has 0 bridgehead atoms. The predicted octanol–water partition coefficient (Wildman–Crippen LogP) is 5.58. The van der Waals surface area contributed by atoms with Crippen LogP contribution in [-0.2, 0) is 17.6 Å². The minimum atomic E-state index is -0.327. The Morgan fingerprint density at radius 3 is 1.62 bits per heavy atom. The maximum absolute atomic E-state index is 13.3. The average molecular weight is 343 g/mol. The summed E-state index contributed by atoms with van der Waals surface area (Å²) >= 11 is 0. The van der Waals surface area contributed by atoms with Crippen LogP contribution in [0.5, 0.6) is 0 Å². The molecule has 0 aliphatic heterocycles. The SMILES string of the molecule is CCc1cccc(CC)c1NC(=O)C(c1ccccc1)c1ccccc1. The lowest BCUT2D eigenvalue weighted by Gasteiger charge is -2.21. The summed E-state index contributed by atoms with van der Waals surface area (Å²) in [5.74, 6) is -0.315. The Morgan fingerprint density at radius 1 is 0.731 bits per heavy atom. The van der Waals surface area contributed by atoms with E-state index in [9.17, 15) is 4.79 Å². The maximum atomic E-state index is 13.3. The number of amides is 1. The second kappa shape index (κ2) is 8.48. The fourth-order valence-electron chi connectivity index (χ4n) is 3.38. The van der Waals surface area contributed by atoms with Crippen molar-refractivity contribution in [2.75, 3.05) is 5.32 Å². The van der Waals surface area contributed by atoms with Gasteiger partial charge in [-0.1, -0.05) is 92.7 Å². The van der Waals surface area contributed by atoms with Gasteiger partial charge in [0.05, 0.1) is 5.92 Å². The van der Waals surface area contributed by atoms with Gasteiger partial charge in [0, 0.05) is 5.69 Å². The van der Waals surface area contributed by atoms with Crippen molar-refractivity contribution in [3.8, 4) is 0 Å². The van der Waals surface area contributed by atoms with Crippen LogP contribution < -0.4 is 5.32 Å². The lowest BCUT2D eigenvalue weighted by molar-refractivity contribution is -0.116. The van der Waals surface area contributed by atoms with Gasteiger partial charge < -0.3 is 5.32 Å². The molecule has 0 atom stereocenters. The summed E-state index contributed by atoms with van der Waals surface area (Å²) < 4.78 is 0. The van der Waals surface area contributed by atoms with Crippen LogP contribution in [0, 0.1) is 0 Å². The van der Waals surface area contributed by atoms with E-state index in [1.165, 1.54) is 11.1 Å². The fraction of sp³-hybridized carbons (Fsp3) is 0.208. The Kier molecular flexibility index (Phi) is 5.85. The number of hydrogen-bond donors (Lipinski definition) is 1. The van der Waals surface area contributed by atoms with Crippen LogP contribution >= 0.6 is 0 Å². The molecule has 0 aliphatic carbocycles. The van der Waals surface area contributed by atoms with Crippen LogP contribution in [0.1, 0.15) is 42.0 Å². The van der Waals surface area contributed by atoms with Crippen LogP contribution in [0.4, 0.5) is 5.69 Å². The highest BCUT2D eigenvalue weighted by Gasteiger charge is 2.23. The first-order valence-corrected chi connectivity index (χ1v) is 9.26. The summed E-state index contributed by atoms with van der Waals surface area (Å²) in [7, 11) is 0. The van der Waals surface area contributed by atoms with Gasteiger partial charge in [0.15, 0.2) is 0 Å². The number of benzene rings is 3. The van der Waals surface area contributed by atoms with Gasteiger partial charge in [-0.15, -0.1) is 0 Å². The molecule has 1 amide bonds. The zero-order chi connectivity index (χ0) is 18.4. The Balaban J connectivity index is 2.00. The first-order chi connectivity index (χ1) is 12.7. The van der Waals surface area contributed by atoms with E-state index in [-0.39, 0.29) is 11.8 Å². The highest BCUT2D eigenvalue weighted by atomic mass is 16.1. The molecule has 0 fully saturated rings. The van der Waals surface area contributed by atoms with Crippen molar-refractivity contribution < 1.29 is 4.79 Å². The number of anilines is 1. The number of aryl methyl sites for hydroxylation is 2. The zero-order valence-corrected chi connectivity index (χ0v) is 15.4. The van der Waals surface area contributed by atoms with Crippen LogP contribution in [-0.4, -0.2) is 5.91 Å².